The number of benzene rings is 1. The molecule has 0 heterocycles. The Kier molecular flexibility index (Phi) is 7.39. The molecule has 0 fully saturated rings. The number of hydrogen-bond donors (Lipinski definition) is 1. The highest BCUT2D eigenvalue weighted by Crippen LogP contribution is 2.18. The molecule has 0 aliphatic rings. The van der Waals surface area contributed by atoms with E-state index >= 15 is 0 Å². The average Bonchev–Trinajstić information content (AvgIpc) is 2.45. The second kappa shape index (κ2) is 8.84. The number of nitriles is 1. The lowest BCUT2D eigenvalue weighted by Gasteiger charge is -2.14. The van der Waals surface area contributed by atoms with E-state index in [1.165, 1.54) is 17.9 Å². The van der Waals surface area contributed by atoms with Crippen molar-refractivity contribution in [3.8, 4) is 11.8 Å². The molecular formula is C15H22N2OS. The minimum absolute atomic E-state index is 0.492. The van der Waals surface area contributed by atoms with Crippen LogP contribution in [-0.2, 0) is 6.54 Å². The Hall–Kier alpha value is -1.18. The monoisotopic (exact) mass is 278 g/mol. The van der Waals surface area contributed by atoms with Gasteiger partial charge in [-0.1, -0.05) is 13.0 Å². The van der Waals surface area contributed by atoms with Crippen molar-refractivity contribution in [3.05, 3.63) is 29.3 Å². The number of thioether (sulfide) groups is 1. The zero-order valence-electron chi connectivity index (χ0n) is 11.9. The van der Waals surface area contributed by atoms with Gasteiger partial charge in [0.25, 0.3) is 0 Å². The van der Waals surface area contributed by atoms with E-state index in [1.54, 1.807) is 7.11 Å². The normalized spacial score (nSPS) is 11.9. The second-order valence-electron chi connectivity index (χ2n) is 4.41. The molecule has 1 N–H and O–H groups in total. The molecule has 104 valence electrons. The molecule has 1 aromatic rings. The van der Waals surface area contributed by atoms with Gasteiger partial charge in [-0.3, -0.25) is 0 Å². The van der Waals surface area contributed by atoms with E-state index in [0.29, 0.717) is 17.4 Å². The highest BCUT2D eigenvalue weighted by atomic mass is 32.2. The van der Waals surface area contributed by atoms with Gasteiger partial charge in [0.05, 0.1) is 12.7 Å². The topological polar surface area (TPSA) is 45.0 Å². The number of ether oxygens (including phenoxy) is 1. The molecule has 1 aromatic carbocycles. The third-order valence-electron chi connectivity index (χ3n) is 2.94. The first-order valence-electron chi connectivity index (χ1n) is 6.59. The zero-order chi connectivity index (χ0) is 14.1. The Bertz CT molecular complexity index is 429. The molecule has 1 unspecified atom stereocenters. The predicted octanol–water partition coefficient (Wildman–Crippen LogP) is 3.19. The number of rotatable bonds is 8. The van der Waals surface area contributed by atoms with Crippen molar-refractivity contribution in [2.45, 2.75) is 32.9 Å². The molecule has 0 amide bonds. The van der Waals surface area contributed by atoms with E-state index in [-0.39, 0.29) is 0 Å². The van der Waals surface area contributed by atoms with Gasteiger partial charge in [0.2, 0.25) is 0 Å². The summed E-state index contributed by atoms with van der Waals surface area (Å²) < 4.78 is 5.14. The smallest absolute Gasteiger partial charge is 0.136 e. The summed E-state index contributed by atoms with van der Waals surface area (Å²) in [5.41, 5.74) is 1.71. The molecule has 1 rings (SSSR count). The molecule has 0 saturated heterocycles. The summed E-state index contributed by atoms with van der Waals surface area (Å²) in [6.07, 6.45) is 1.17. The summed E-state index contributed by atoms with van der Waals surface area (Å²) in [5.74, 6) is 3.01. The standard InChI is InChI=1S/C15H22N2OS/c1-4-19-8-7-12(2)17-11-13-5-6-15(18-3)14(9-13)10-16/h5-6,9,12,17H,4,7-8,11H2,1-3H3. The van der Waals surface area contributed by atoms with Crippen molar-refractivity contribution in [1.29, 1.82) is 5.26 Å². The van der Waals surface area contributed by atoms with Crippen molar-refractivity contribution in [3.63, 3.8) is 0 Å². The molecule has 0 aliphatic heterocycles. The van der Waals surface area contributed by atoms with Crippen LogP contribution in [0, 0.1) is 11.3 Å². The number of nitrogens with zero attached hydrogens (tertiary/aromatic N) is 1. The van der Waals surface area contributed by atoms with Crippen molar-refractivity contribution in [2.75, 3.05) is 18.6 Å². The molecule has 1 atom stereocenters. The Morgan fingerprint density at radius 1 is 1.47 bits per heavy atom. The molecule has 0 aliphatic carbocycles. The predicted molar refractivity (Wildman–Crippen MR) is 81.6 cm³/mol. The summed E-state index contributed by atoms with van der Waals surface area (Å²) >= 11 is 1.97. The fourth-order valence-electron chi connectivity index (χ4n) is 1.75. The van der Waals surface area contributed by atoms with Crippen molar-refractivity contribution in [1.82, 2.24) is 5.32 Å². The fraction of sp³-hybridized carbons (Fsp3) is 0.533. The van der Waals surface area contributed by atoms with Gasteiger partial charge in [0.15, 0.2) is 0 Å². The molecular weight excluding hydrogens is 256 g/mol. The van der Waals surface area contributed by atoms with Crippen molar-refractivity contribution in [2.24, 2.45) is 0 Å². The van der Waals surface area contributed by atoms with Crippen LogP contribution >= 0.6 is 11.8 Å². The number of nitrogens with one attached hydrogen (secondary N) is 1. The molecule has 0 saturated carbocycles. The summed E-state index contributed by atoms with van der Waals surface area (Å²) in [5, 5.41) is 12.5. The molecule has 0 bridgehead atoms. The van der Waals surface area contributed by atoms with Crippen LogP contribution < -0.4 is 10.1 Å². The van der Waals surface area contributed by atoms with Crippen LogP contribution in [0.2, 0.25) is 0 Å². The number of methoxy groups -OCH3 is 1. The Morgan fingerprint density at radius 3 is 2.89 bits per heavy atom. The van der Waals surface area contributed by atoms with Crippen molar-refractivity contribution < 1.29 is 4.74 Å². The third kappa shape index (κ3) is 5.54. The van der Waals surface area contributed by atoms with Gasteiger partial charge < -0.3 is 10.1 Å². The average molecular weight is 278 g/mol. The van der Waals surface area contributed by atoms with Crippen LogP contribution in [-0.4, -0.2) is 24.7 Å². The minimum Gasteiger partial charge on any atom is -0.495 e. The van der Waals surface area contributed by atoms with Gasteiger partial charge >= 0.3 is 0 Å². The third-order valence-corrected chi connectivity index (χ3v) is 3.87. The maximum atomic E-state index is 9.04. The maximum absolute atomic E-state index is 9.04. The van der Waals surface area contributed by atoms with E-state index < -0.39 is 0 Å². The lowest BCUT2D eigenvalue weighted by Crippen LogP contribution is -2.26. The van der Waals surface area contributed by atoms with E-state index in [2.05, 4.69) is 25.2 Å². The second-order valence-corrected chi connectivity index (χ2v) is 5.81. The van der Waals surface area contributed by atoms with Gasteiger partial charge in [-0.15, -0.1) is 0 Å². The van der Waals surface area contributed by atoms with Crippen LogP contribution in [0.25, 0.3) is 0 Å². The van der Waals surface area contributed by atoms with Crippen LogP contribution in [0.5, 0.6) is 5.75 Å². The van der Waals surface area contributed by atoms with Gasteiger partial charge in [-0.05, 0) is 42.5 Å². The van der Waals surface area contributed by atoms with E-state index in [0.717, 1.165) is 12.1 Å². The largest absolute Gasteiger partial charge is 0.495 e. The lowest BCUT2D eigenvalue weighted by molar-refractivity contribution is 0.413. The first-order chi connectivity index (χ1) is 9.21. The maximum Gasteiger partial charge on any atom is 0.136 e. The zero-order valence-corrected chi connectivity index (χ0v) is 12.7. The lowest BCUT2D eigenvalue weighted by atomic mass is 10.1. The van der Waals surface area contributed by atoms with E-state index in [1.807, 2.05) is 30.0 Å². The van der Waals surface area contributed by atoms with Gasteiger partial charge in [-0.2, -0.15) is 17.0 Å². The molecule has 0 aromatic heterocycles. The first-order valence-corrected chi connectivity index (χ1v) is 7.74. The molecule has 0 spiro atoms. The van der Waals surface area contributed by atoms with Crippen LogP contribution in [0.1, 0.15) is 31.4 Å². The van der Waals surface area contributed by atoms with E-state index in [9.17, 15) is 0 Å². The first kappa shape index (κ1) is 15.9. The highest BCUT2D eigenvalue weighted by molar-refractivity contribution is 7.99. The molecule has 3 nitrogen and oxygen atoms in total. The minimum atomic E-state index is 0.492. The van der Waals surface area contributed by atoms with Crippen LogP contribution in [0.15, 0.2) is 18.2 Å². The fourth-order valence-corrected chi connectivity index (χ4v) is 2.56. The molecule has 19 heavy (non-hydrogen) atoms. The highest BCUT2D eigenvalue weighted by Gasteiger charge is 2.05. The van der Waals surface area contributed by atoms with Gasteiger partial charge in [0, 0.05) is 12.6 Å². The van der Waals surface area contributed by atoms with Gasteiger partial charge in [-0.25, -0.2) is 0 Å². The SMILES string of the molecule is CCSCCC(C)NCc1ccc(OC)c(C#N)c1. The Balaban J connectivity index is 2.47. The molecule has 0 radical (unpaired) electrons. The molecule has 4 heteroatoms. The van der Waals surface area contributed by atoms with Gasteiger partial charge in [0.1, 0.15) is 11.8 Å². The Labute approximate surface area is 120 Å². The summed E-state index contributed by atoms with van der Waals surface area (Å²) in [4.78, 5) is 0. The Morgan fingerprint density at radius 2 is 2.26 bits per heavy atom. The number of hydrogen-bond acceptors (Lipinski definition) is 4. The van der Waals surface area contributed by atoms with Crippen molar-refractivity contribution >= 4 is 11.8 Å². The summed E-state index contributed by atoms with van der Waals surface area (Å²) in [7, 11) is 1.58. The van der Waals surface area contributed by atoms with E-state index in [4.69, 9.17) is 10.00 Å². The van der Waals surface area contributed by atoms with Crippen LogP contribution in [0.4, 0.5) is 0 Å². The quantitative estimate of drug-likeness (QED) is 0.742. The van der Waals surface area contributed by atoms with Crippen LogP contribution in [0.3, 0.4) is 0 Å². The summed E-state index contributed by atoms with van der Waals surface area (Å²) in [6.45, 7) is 5.17. The summed E-state index contributed by atoms with van der Waals surface area (Å²) in [6, 6.07) is 8.40.